The number of aromatic nitrogens is 1. The molecular formula is C14H15N2O3. The number of rotatable bonds is 6. The minimum absolute atomic E-state index is 0.0685. The molecule has 1 aromatic carbocycles. The standard InChI is InChI=1S/C14H15N2O3/c1-2-3-6-9-16(10-17)14(18)13-15-11-7-4-5-8-12(11)19-13/h4-5,7-8H,2-3,6,9H2,1H3. The predicted molar refractivity (Wildman–Crippen MR) is 70.3 cm³/mol. The number of carbonyl (C=O) groups is 1. The topological polar surface area (TPSA) is 63.4 Å². The van der Waals surface area contributed by atoms with Crippen molar-refractivity contribution in [3.05, 3.63) is 30.2 Å². The van der Waals surface area contributed by atoms with Crippen LogP contribution in [0.5, 0.6) is 0 Å². The molecule has 0 saturated carbocycles. The van der Waals surface area contributed by atoms with Crippen molar-refractivity contribution >= 4 is 23.4 Å². The van der Waals surface area contributed by atoms with Gasteiger partial charge in [0.1, 0.15) is 5.52 Å². The average molecular weight is 259 g/mol. The Balaban J connectivity index is 2.14. The van der Waals surface area contributed by atoms with Crippen molar-refractivity contribution in [3.8, 4) is 0 Å². The number of nitrogens with zero attached hydrogens (tertiary/aromatic N) is 2. The molecule has 1 radical (unpaired) electrons. The molecule has 19 heavy (non-hydrogen) atoms. The fourth-order valence-electron chi connectivity index (χ4n) is 1.79. The molecule has 0 aliphatic heterocycles. The Kier molecular flexibility index (Phi) is 4.28. The maximum Gasteiger partial charge on any atom is 0.319 e. The monoisotopic (exact) mass is 259 g/mol. The number of hydrogen-bond donors (Lipinski definition) is 0. The van der Waals surface area contributed by atoms with Crippen LogP contribution < -0.4 is 0 Å². The quantitative estimate of drug-likeness (QED) is 0.590. The second-order valence-electron chi connectivity index (χ2n) is 4.24. The molecule has 1 aromatic heterocycles. The predicted octanol–water partition coefficient (Wildman–Crippen LogP) is 2.53. The van der Waals surface area contributed by atoms with E-state index in [1.165, 1.54) is 0 Å². The summed E-state index contributed by atoms with van der Waals surface area (Å²) < 4.78 is 5.34. The molecule has 2 aromatic rings. The van der Waals surface area contributed by atoms with Gasteiger partial charge in [0, 0.05) is 6.54 Å². The van der Waals surface area contributed by atoms with Crippen molar-refractivity contribution in [2.24, 2.45) is 0 Å². The molecule has 0 aliphatic rings. The van der Waals surface area contributed by atoms with E-state index in [1.54, 1.807) is 24.6 Å². The van der Waals surface area contributed by atoms with Crippen LogP contribution in [0.15, 0.2) is 28.7 Å². The van der Waals surface area contributed by atoms with Gasteiger partial charge in [-0.3, -0.25) is 14.5 Å². The number of unbranched alkanes of at least 4 members (excludes halogenated alkanes) is 2. The maximum atomic E-state index is 12.0. The summed E-state index contributed by atoms with van der Waals surface area (Å²) in [7, 11) is 0. The highest BCUT2D eigenvalue weighted by atomic mass is 16.4. The lowest BCUT2D eigenvalue weighted by Crippen LogP contribution is -2.30. The summed E-state index contributed by atoms with van der Waals surface area (Å²) >= 11 is 0. The van der Waals surface area contributed by atoms with E-state index in [9.17, 15) is 9.59 Å². The highest BCUT2D eigenvalue weighted by Crippen LogP contribution is 2.15. The van der Waals surface area contributed by atoms with Gasteiger partial charge in [0.15, 0.2) is 5.58 Å². The minimum Gasteiger partial charge on any atom is -0.432 e. The van der Waals surface area contributed by atoms with Crippen LogP contribution in [0.1, 0.15) is 36.9 Å². The molecule has 2 rings (SSSR count). The Morgan fingerprint density at radius 1 is 1.37 bits per heavy atom. The Bertz CT molecular complexity index is 544. The Labute approximate surface area is 111 Å². The van der Waals surface area contributed by atoms with Gasteiger partial charge in [0.25, 0.3) is 5.89 Å². The fourth-order valence-corrected chi connectivity index (χ4v) is 1.79. The first-order valence-electron chi connectivity index (χ1n) is 6.31. The normalized spacial score (nSPS) is 10.6. The van der Waals surface area contributed by atoms with Crippen molar-refractivity contribution in [3.63, 3.8) is 0 Å². The molecule has 0 fully saturated rings. The van der Waals surface area contributed by atoms with Gasteiger partial charge in [-0.15, -0.1) is 0 Å². The number of amides is 2. The first kappa shape index (κ1) is 13.3. The third kappa shape index (κ3) is 2.99. The van der Waals surface area contributed by atoms with E-state index >= 15 is 0 Å². The lowest BCUT2D eigenvalue weighted by atomic mass is 10.2. The molecule has 5 nitrogen and oxygen atoms in total. The van der Waals surface area contributed by atoms with E-state index in [2.05, 4.69) is 11.9 Å². The van der Waals surface area contributed by atoms with E-state index in [0.717, 1.165) is 24.2 Å². The summed E-state index contributed by atoms with van der Waals surface area (Å²) in [6.45, 7) is 2.40. The molecule has 2 amide bonds. The lowest BCUT2D eigenvalue weighted by Gasteiger charge is -2.11. The molecule has 0 saturated heterocycles. The van der Waals surface area contributed by atoms with Gasteiger partial charge < -0.3 is 4.42 Å². The number of carbonyl (C=O) groups excluding carboxylic acids is 2. The summed E-state index contributed by atoms with van der Waals surface area (Å²) in [5.74, 6) is -0.608. The second kappa shape index (κ2) is 6.13. The summed E-state index contributed by atoms with van der Waals surface area (Å²) in [6, 6.07) is 7.09. The smallest absolute Gasteiger partial charge is 0.319 e. The van der Waals surface area contributed by atoms with Crippen LogP contribution in [0.3, 0.4) is 0 Å². The van der Waals surface area contributed by atoms with Crippen molar-refractivity contribution in [1.82, 2.24) is 9.88 Å². The SMILES string of the molecule is CCCCCN([C]=O)C(=O)c1nc2ccccc2o1. The van der Waals surface area contributed by atoms with E-state index < -0.39 is 5.91 Å². The summed E-state index contributed by atoms with van der Waals surface area (Å²) in [5, 5.41) is 0. The molecule has 0 bridgehead atoms. The fraction of sp³-hybridized carbons (Fsp3) is 0.357. The van der Waals surface area contributed by atoms with E-state index in [0.29, 0.717) is 17.6 Å². The summed E-state index contributed by atoms with van der Waals surface area (Å²) in [4.78, 5) is 27.9. The number of oxazole rings is 1. The largest absolute Gasteiger partial charge is 0.432 e. The van der Waals surface area contributed by atoms with Crippen LogP contribution in [0.2, 0.25) is 0 Å². The first-order valence-corrected chi connectivity index (χ1v) is 6.31. The van der Waals surface area contributed by atoms with E-state index in [-0.39, 0.29) is 5.89 Å². The molecule has 0 atom stereocenters. The van der Waals surface area contributed by atoms with Crippen LogP contribution in [0.4, 0.5) is 0 Å². The summed E-state index contributed by atoms with van der Waals surface area (Å²) in [5.41, 5.74) is 1.13. The molecule has 99 valence electrons. The second-order valence-corrected chi connectivity index (χ2v) is 4.24. The van der Waals surface area contributed by atoms with Gasteiger partial charge in [0.2, 0.25) is 0 Å². The Morgan fingerprint density at radius 2 is 2.16 bits per heavy atom. The highest BCUT2D eigenvalue weighted by Gasteiger charge is 2.21. The lowest BCUT2D eigenvalue weighted by molar-refractivity contribution is 0.0806. The third-order valence-electron chi connectivity index (χ3n) is 2.82. The molecule has 5 heteroatoms. The van der Waals surface area contributed by atoms with Gasteiger partial charge in [-0.2, -0.15) is 0 Å². The zero-order valence-corrected chi connectivity index (χ0v) is 10.8. The molecule has 1 heterocycles. The van der Waals surface area contributed by atoms with Crippen LogP contribution in [0, 0.1) is 0 Å². The number of para-hydroxylation sites is 2. The van der Waals surface area contributed by atoms with Crippen LogP contribution in [-0.4, -0.2) is 28.7 Å². The number of fused-ring (bicyclic) bond motifs is 1. The van der Waals surface area contributed by atoms with Gasteiger partial charge >= 0.3 is 12.3 Å². The van der Waals surface area contributed by atoms with Crippen LogP contribution in [-0.2, 0) is 4.79 Å². The Hall–Kier alpha value is -2.17. The zero-order chi connectivity index (χ0) is 13.7. The third-order valence-corrected chi connectivity index (χ3v) is 2.82. The highest BCUT2D eigenvalue weighted by molar-refractivity contribution is 5.98. The van der Waals surface area contributed by atoms with E-state index in [1.807, 2.05) is 6.07 Å². The van der Waals surface area contributed by atoms with Crippen LogP contribution in [0.25, 0.3) is 11.1 Å². The minimum atomic E-state index is -0.540. The van der Waals surface area contributed by atoms with Gasteiger partial charge in [-0.25, -0.2) is 4.98 Å². The molecule has 0 aliphatic carbocycles. The van der Waals surface area contributed by atoms with Crippen molar-refractivity contribution in [1.29, 1.82) is 0 Å². The van der Waals surface area contributed by atoms with Gasteiger partial charge in [0.05, 0.1) is 0 Å². The van der Waals surface area contributed by atoms with Crippen LogP contribution >= 0.6 is 0 Å². The van der Waals surface area contributed by atoms with Crippen molar-refractivity contribution in [2.75, 3.05) is 6.54 Å². The van der Waals surface area contributed by atoms with E-state index in [4.69, 9.17) is 4.42 Å². The number of imide groups is 1. The summed E-state index contributed by atoms with van der Waals surface area (Å²) in [6.07, 6.45) is 4.37. The average Bonchev–Trinajstić information content (AvgIpc) is 2.87. The maximum absolute atomic E-state index is 12.0. The van der Waals surface area contributed by atoms with Crippen molar-refractivity contribution < 1.29 is 14.0 Å². The molecule has 0 unspecified atom stereocenters. The molecule has 0 spiro atoms. The number of hydrogen-bond acceptors (Lipinski definition) is 4. The molecule has 0 N–H and O–H groups in total. The van der Waals surface area contributed by atoms with Gasteiger partial charge in [-0.05, 0) is 18.6 Å². The Morgan fingerprint density at radius 3 is 2.84 bits per heavy atom. The molecular weight excluding hydrogens is 244 g/mol. The van der Waals surface area contributed by atoms with Gasteiger partial charge in [-0.1, -0.05) is 31.9 Å². The number of benzene rings is 1. The van der Waals surface area contributed by atoms with Crippen molar-refractivity contribution in [2.45, 2.75) is 26.2 Å². The zero-order valence-electron chi connectivity index (χ0n) is 10.8. The first-order chi connectivity index (χ1) is 9.26.